The number of aromatic carboxylic acids is 1. The number of carboxylic acid groups (broad SMARTS) is 1. The lowest BCUT2D eigenvalue weighted by Gasteiger charge is -2.16. The average molecular weight is 313 g/mol. The van der Waals surface area contributed by atoms with E-state index in [9.17, 15) is 19.5 Å². The van der Waals surface area contributed by atoms with Crippen LogP contribution in [0.5, 0.6) is 0 Å². The first kappa shape index (κ1) is 17.2. The van der Waals surface area contributed by atoms with Gasteiger partial charge >= 0.3 is 11.7 Å². The van der Waals surface area contributed by atoms with Gasteiger partial charge in [0.2, 0.25) is 5.91 Å². The molecule has 0 saturated carbocycles. The van der Waals surface area contributed by atoms with Crippen molar-refractivity contribution < 1.29 is 14.7 Å². The van der Waals surface area contributed by atoms with E-state index in [0.717, 1.165) is 18.2 Å². The first-order valence-corrected chi connectivity index (χ1v) is 7.45. The van der Waals surface area contributed by atoms with E-state index in [0.29, 0.717) is 0 Å². The molecule has 0 spiro atoms. The van der Waals surface area contributed by atoms with Crippen LogP contribution in [0.2, 0.25) is 0 Å². The van der Waals surface area contributed by atoms with E-state index >= 15 is 0 Å². The van der Waals surface area contributed by atoms with Crippen molar-refractivity contribution in [3.05, 3.63) is 21.7 Å². The molecule has 0 aliphatic carbocycles. The number of H-pyrrole nitrogens is 1. The third-order valence-electron chi connectivity index (χ3n) is 2.96. The number of aryl methyl sites for hydroxylation is 1. The Morgan fingerprint density at radius 3 is 2.57 bits per heavy atom. The maximum absolute atomic E-state index is 12.0. The van der Waals surface area contributed by atoms with Gasteiger partial charge in [-0.3, -0.25) is 4.79 Å². The fraction of sp³-hybridized carbons (Fsp3) is 0.538. The van der Waals surface area contributed by atoms with Crippen LogP contribution in [0.4, 0.5) is 0 Å². The lowest BCUT2D eigenvalue weighted by molar-refractivity contribution is -0.120. The predicted molar refractivity (Wildman–Crippen MR) is 79.8 cm³/mol. The standard InChI is InChI=1S/C13H19N3O4S/c1-5-6(2)14-10(17)8(4)21-11-9(12(18)19)7(3)15-13(20)16-11/h6,8H,5H2,1-4H3,(H,14,17)(H,18,19)(H,15,16,20). The smallest absolute Gasteiger partial charge is 0.346 e. The fourth-order valence-electron chi connectivity index (χ4n) is 1.58. The summed E-state index contributed by atoms with van der Waals surface area (Å²) in [6.45, 7) is 6.97. The highest BCUT2D eigenvalue weighted by atomic mass is 32.2. The maximum Gasteiger partial charge on any atom is 0.346 e. The summed E-state index contributed by atoms with van der Waals surface area (Å²) in [5.41, 5.74) is -0.489. The van der Waals surface area contributed by atoms with E-state index in [2.05, 4.69) is 15.3 Å². The number of thioether (sulfide) groups is 1. The zero-order valence-corrected chi connectivity index (χ0v) is 13.2. The molecule has 1 aromatic rings. The summed E-state index contributed by atoms with van der Waals surface area (Å²) in [6, 6.07) is 0.0355. The van der Waals surface area contributed by atoms with Gasteiger partial charge in [0.15, 0.2) is 0 Å². The van der Waals surface area contributed by atoms with Crippen molar-refractivity contribution in [3.8, 4) is 0 Å². The van der Waals surface area contributed by atoms with Gasteiger partial charge in [-0.15, -0.1) is 0 Å². The van der Waals surface area contributed by atoms with Crippen molar-refractivity contribution in [2.24, 2.45) is 0 Å². The van der Waals surface area contributed by atoms with Gasteiger partial charge in [0, 0.05) is 11.7 Å². The third-order valence-corrected chi connectivity index (χ3v) is 4.05. The van der Waals surface area contributed by atoms with Crippen molar-refractivity contribution in [3.63, 3.8) is 0 Å². The summed E-state index contributed by atoms with van der Waals surface area (Å²) in [7, 11) is 0. The number of amides is 1. The Kier molecular flexibility index (Phi) is 5.95. The van der Waals surface area contributed by atoms with Gasteiger partial charge in [0.25, 0.3) is 0 Å². The monoisotopic (exact) mass is 313 g/mol. The van der Waals surface area contributed by atoms with Crippen LogP contribution in [-0.2, 0) is 4.79 Å². The van der Waals surface area contributed by atoms with Crippen LogP contribution in [0.3, 0.4) is 0 Å². The number of rotatable bonds is 6. The second-order valence-corrected chi connectivity index (χ2v) is 6.06. The highest BCUT2D eigenvalue weighted by Crippen LogP contribution is 2.25. The van der Waals surface area contributed by atoms with Crippen LogP contribution in [0.15, 0.2) is 9.82 Å². The largest absolute Gasteiger partial charge is 0.478 e. The summed E-state index contributed by atoms with van der Waals surface area (Å²) in [4.78, 5) is 40.6. The van der Waals surface area contributed by atoms with Gasteiger partial charge in [0.05, 0.1) is 5.25 Å². The summed E-state index contributed by atoms with van der Waals surface area (Å²) in [5, 5.41) is 11.5. The van der Waals surface area contributed by atoms with E-state index in [1.807, 2.05) is 13.8 Å². The highest BCUT2D eigenvalue weighted by Gasteiger charge is 2.22. The number of carbonyl (C=O) groups excluding carboxylic acids is 1. The molecule has 1 amide bonds. The second kappa shape index (κ2) is 7.26. The van der Waals surface area contributed by atoms with E-state index in [-0.39, 0.29) is 28.2 Å². The zero-order valence-electron chi connectivity index (χ0n) is 12.4. The SMILES string of the molecule is CCC(C)NC(=O)C(C)Sc1nc(=O)[nH]c(C)c1C(=O)O. The Bertz CT molecular complexity index is 600. The lowest BCUT2D eigenvalue weighted by atomic mass is 10.2. The minimum Gasteiger partial charge on any atom is -0.478 e. The van der Waals surface area contributed by atoms with Crippen LogP contribution in [0, 0.1) is 6.92 Å². The predicted octanol–water partition coefficient (Wildman–Crippen LogP) is 1.17. The molecule has 116 valence electrons. The molecule has 0 aliphatic rings. The number of hydrogen-bond acceptors (Lipinski definition) is 5. The number of aromatic amines is 1. The Morgan fingerprint density at radius 2 is 2.05 bits per heavy atom. The molecule has 0 aliphatic heterocycles. The Balaban J connectivity index is 2.99. The van der Waals surface area contributed by atoms with Gasteiger partial charge in [-0.1, -0.05) is 18.7 Å². The summed E-state index contributed by atoms with van der Waals surface area (Å²) < 4.78 is 0. The molecule has 2 unspecified atom stereocenters. The molecule has 7 nitrogen and oxygen atoms in total. The average Bonchev–Trinajstić information content (AvgIpc) is 2.36. The van der Waals surface area contributed by atoms with E-state index in [1.165, 1.54) is 6.92 Å². The molecule has 21 heavy (non-hydrogen) atoms. The molecule has 0 bridgehead atoms. The second-order valence-electron chi connectivity index (χ2n) is 4.73. The molecule has 0 radical (unpaired) electrons. The fourth-order valence-corrected chi connectivity index (χ4v) is 2.58. The molecule has 1 heterocycles. The summed E-state index contributed by atoms with van der Waals surface area (Å²) in [6.07, 6.45) is 0.797. The molecule has 3 N–H and O–H groups in total. The molecule has 1 aromatic heterocycles. The number of aromatic nitrogens is 2. The first-order valence-electron chi connectivity index (χ1n) is 6.57. The van der Waals surface area contributed by atoms with E-state index in [1.54, 1.807) is 6.92 Å². The third kappa shape index (κ3) is 4.59. The van der Waals surface area contributed by atoms with Gasteiger partial charge in [-0.05, 0) is 27.2 Å². The maximum atomic E-state index is 12.0. The van der Waals surface area contributed by atoms with Gasteiger partial charge < -0.3 is 15.4 Å². The van der Waals surface area contributed by atoms with Crippen LogP contribution in [0.25, 0.3) is 0 Å². The van der Waals surface area contributed by atoms with Crippen molar-refractivity contribution in [1.29, 1.82) is 0 Å². The van der Waals surface area contributed by atoms with E-state index < -0.39 is 16.9 Å². The highest BCUT2D eigenvalue weighted by molar-refractivity contribution is 8.00. The van der Waals surface area contributed by atoms with E-state index in [4.69, 9.17) is 0 Å². The molecule has 2 atom stereocenters. The molecular weight excluding hydrogens is 294 g/mol. The number of nitrogens with zero attached hydrogens (tertiary/aromatic N) is 1. The molecule has 0 saturated heterocycles. The topological polar surface area (TPSA) is 112 Å². The molecule has 1 rings (SSSR count). The van der Waals surface area contributed by atoms with Crippen LogP contribution in [-0.4, -0.2) is 38.2 Å². The number of nitrogens with one attached hydrogen (secondary N) is 2. The Labute approximate surface area is 126 Å². The zero-order chi connectivity index (χ0) is 16.2. The molecule has 8 heteroatoms. The van der Waals surface area contributed by atoms with Crippen LogP contribution < -0.4 is 11.0 Å². The lowest BCUT2D eigenvalue weighted by Crippen LogP contribution is -2.37. The molecule has 0 fully saturated rings. The quantitative estimate of drug-likeness (QED) is 0.537. The first-order chi connectivity index (χ1) is 9.76. The van der Waals surface area contributed by atoms with Gasteiger partial charge in [-0.25, -0.2) is 9.59 Å². The number of hydrogen-bond donors (Lipinski definition) is 3. The van der Waals surface area contributed by atoms with Crippen LogP contribution >= 0.6 is 11.8 Å². The van der Waals surface area contributed by atoms with Crippen molar-refractivity contribution in [1.82, 2.24) is 15.3 Å². The summed E-state index contributed by atoms with van der Waals surface area (Å²) >= 11 is 0.963. The molecular formula is C13H19N3O4S. The van der Waals surface area contributed by atoms with Gasteiger partial charge in [-0.2, -0.15) is 4.98 Å². The van der Waals surface area contributed by atoms with Crippen molar-refractivity contribution >= 4 is 23.6 Å². The van der Waals surface area contributed by atoms with Crippen LogP contribution in [0.1, 0.15) is 43.2 Å². The minimum atomic E-state index is -1.19. The molecule has 0 aromatic carbocycles. The summed E-state index contributed by atoms with van der Waals surface area (Å²) in [5.74, 6) is -1.40. The normalized spacial score (nSPS) is 13.5. The van der Waals surface area contributed by atoms with Crippen molar-refractivity contribution in [2.75, 3.05) is 0 Å². The number of carboxylic acids is 1. The minimum absolute atomic E-state index is 0.0355. The van der Waals surface area contributed by atoms with Gasteiger partial charge in [0.1, 0.15) is 10.6 Å². The Morgan fingerprint density at radius 1 is 1.43 bits per heavy atom. The number of carbonyl (C=O) groups is 2. The van der Waals surface area contributed by atoms with Crippen molar-refractivity contribution in [2.45, 2.75) is 50.4 Å². The Hall–Kier alpha value is -1.83.